The Morgan fingerprint density at radius 3 is 2.44 bits per heavy atom. The average molecular weight is 255 g/mol. The minimum absolute atomic E-state index is 0.0382. The molecular formula is C14H25NO3. The summed E-state index contributed by atoms with van der Waals surface area (Å²) in [6.07, 6.45) is 8.20. The molecule has 18 heavy (non-hydrogen) atoms. The lowest BCUT2D eigenvalue weighted by atomic mass is 9.87. The lowest BCUT2D eigenvalue weighted by Crippen LogP contribution is -2.29. The molecule has 1 amide bonds. The minimum Gasteiger partial charge on any atom is -0.469 e. The van der Waals surface area contributed by atoms with E-state index in [2.05, 4.69) is 4.74 Å². The third-order valence-electron chi connectivity index (χ3n) is 3.79. The van der Waals surface area contributed by atoms with Crippen LogP contribution in [0.3, 0.4) is 0 Å². The first-order valence-corrected chi connectivity index (χ1v) is 6.94. The number of carbonyl (C=O) groups is 2. The third-order valence-corrected chi connectivity index (χ3v) is 3.79. The molecule has 4 nitrogen and oxygen atoms in total. The number of nitrogens with zero attached hydrogens (tertiary/aromatic N) is 1. The van der Waals surface area contributed by atoms with E-state index in [1.807, 2.05) is 7.05 Å². The number of rotatable bonds is 6. The Bertz CT molecular complexity index is 272. The molecule has 1 fully saturated rings. The fraction of sp³-hybridized carbons (Fsp3) is 0.857. The van der Waals surface area contributed by atoms with Crippen molar-refractivity contribution < 1.29 is 14.3 Å². The first-order chi connectivity index (χ1) is 8.63. The number of ether oxygens (including phenoxy) is 1. The largest absolute Gasteiger partial charge is 0.469 e. The zero-order valence-corrected chi connectivity index (χ0v) is 11.6. The van der Waals surface area contributed by atoms with E-state index < -0.39 is 0 Å². The fourth-order valence-corrected chi connectivity index (χ4v) is 2.48. The molecule has 0 aromatic heterocycles. The van der Waals surface area contributed by atoms with E-state index in [1.54, 1.807) is 4.90 Å². The van der Waals surface area contributed by atoms with Gasteiger partial charge in [-0.05, 0) is 12.3 Å². The smallest absolute Gasteiger partial charge is 0.306 e. The maximum absolute atomic E-state index is 11.8. The molecule has 0 unspecified atom stereocenters. The average Bonchev–Trinajstić information content (AvgIpc) is 2.42. The summed E-state index contributed by atoms with van der Waals surface area (Å²) in [5, 5.41) is 0. The van der Waals surface area contributed by atoms with Crippen LogP contribution in [0, 0.1) is 5.92 Å². The molecule has 0 spiro atoms. The van der Waals surface area contributed by atoms with E-state index in [0.29, 0.717) is 0 Å². The van der Waals surface area contributed by atoms with Crippen LogP contribution in [-0.2, 0) is 14.3 Å². The number of hydrogen-bond donors (Lipinski definition) is 0. The summed E-state index contributed by atoms with van der Waals surface area (Å²) in [5.41, 5.74) is 0. The van der Waals surface area contributed by atoms with Crippen LogP contribution in [-0.4, -0.2) is 37.5 Å². The summed E-state index contributed by atoms with van der Waals surface area (Å²) in [6.45, 7) is 0.810. The zero-order valence-electron chi connectivity index (χ0n) is 11.6. The normalized spacial score (nSPS) is 16.3. The third kappa shape index (κ3) is 5.52. The van der Waals surface area contributed by atoms with Gasteiger partial charge in [-0.25, -0.2) is 0 Å². The van der Waals surface area contributed by atoms with Gasteiger partial charge in [0.15, 0.2) is 0 Å². The van der Waals surface area contributed by atoms with Gasteiger partial charge in [0.1, 0.15) is 0 Å². The Kier molecular flexibility index (Phi) is 6.76. The lowest BCUT2D eigenvalue weighted by molar-refractivity contribution is -0.143. The van der Waals surface area contributed by atoms with E-state index in [-0.39, 0.29) is 24.7 Å². The van der Waals surface area contributed by atoms with Crippen molar-refractivity contribution in [2.45, 2.75) is 51.4 Å². The van der Waals surface area contributed by atoms with Gasteiger partial charge in [0.25, 0.3) is 0 Å². The molecule has 0 saturated heterocycles. The van der Waals surface area contributed by atoms with Crippen LogP contribution in [0.5, 0.6) is 0 Å². The van der Waals surface area contributed by atoms with Crippen molar-refractivity contribution in [3.05, 3.63) is 0 Å². The van der Waals surface area contributed by atoms with Gasteiger partial charge in [-0.3, -0.25) is 9.59 Å². The van der Waals surface area contributed by atoms with E-state index >= 15 is 0 Å². The maximum atomic E-state index is 11.8. The summed E-state index contributed by atoms with van der Waals surface area (Å²) in [4.78, 5) is 24.5. The summed E-state index contributed by atoms with van der Waals surface area (Å²) in [5.74, 6) is 0.509. The van der Waals surface area contributed by atoms with Crippen LogP contribution in [0.4, 0.5) is 0 Å². The van der Waals surface area contributed by atoms with Gasteiger partial charge in [-0.15, -0.1) is 0 Å². The Balaban J connectivity index is 2.16. The van der Waals surface area contributed by atoms with Crippen molar-refractivity contribution in [2.24, 2.45) is 5.92 Å². The van der Waals surface area contributed by atoms with Crippen molar-refractivity contribution in [2.75, 3.05) is 20.7 Å². The summed E-state index contributed by atoms with van der Waals surface area (Å²) in [6, 6.07) is 0. The highest BCUT2D eigenvalue weighted by Crippen LogP contribution is 2.26. The molecule has 0 radical (unpaired) electrons. The molecule has 0 aromatic rings. The summed E-state index contributed by atoms with van der Waals surface area (Å²) < 4.78 is 4.53. The van der Waals surface area contributed by atoms with Crippen LogP contribution >= 0.6 is 0 Å². The van der Waals surface area contributed by atoms with Crippen molar-refractivity contribution in [3.63, 3.8) is 0 Å². The fourth-order valence-electron chi connectivity index (χ4n) is 2.48. The van der Waals surface area contributed by atoms with E-state index in [4.69, 9.17) is 0 Å². The first-order valence-electron chi connectivity index (χ1n) is 6.94. The Hall–Kier alpha value is -1.06. The monoisotopic (exact) mass is 255 g/mol. The summed E-state index contributed by atoms with van der Waals surface area (Å²) >= 11 is 0. The highest BCUT2D eigenvalue weighted by atomic mass is 16.5. The lowest BCUT2D eigenvalue weighted by Gasteiger charge is -2.24. The van der Waals surface area contributed by atoms with Crippen LogP contribution in [0.2, 0.25) is 0 Å². The Labute approximate surface area is 110 Å². The SMILES string of the molecule is COC(=O)CCC(=O)N(C)CCC1CCCCC1. The number of esters is 1. The van der Waals surface area contributed by atoms with E-state index in [9.17, 15) is 9.59 Å². The second-order valence-electron chi connectivity index (χ2n) is 5.18. The highest BCUT2D eigenvalue weighted by molar-refractivity contribution is 5.81. The van der Waals surface area contributed by atoms with Gasteiger partial charge in [0.2, 0.25) is 5.91 Å². The molecule has 0 heterocycles. The molecule has 1 aliphatic carbocycles. The van der Waals surface area contributed by atoms with Crippen LogP contribution < -0.4 is 0 Å². The molecular weight excluding hydrogens is 230 g/mol. The van der Waals surface area contributed by atoms with E-state index in [1.165, 1.54) is 39.2 Å². The number of carbonyl (C=O) groups excluding carboxylic acids is 2. The van der Waals surface area contributed by atoms with Crippen molar-refractivity contribution >= 4 is 11.9 Å². The molecule has 4 heteroatoms. The standard InChI is InChI=1S/C14H25NO3/c1-15(13(16)8-9-14(17)18-2)11-10-12-6-4-3-5-7-12/h12H,3-11H2,1-2H3. The van der Waals surface area contributed by atoms with Crippen molar-refractivity contribution in [1.29, 1.82) is 0 Å². The Morgan fingerprint density at radius 1 is 1.17 bits per heavy atom. The number of amides is 1. The predicted molar refractivity (Wildman–Crippen MR) is 70.1 cm³/mol. The van der Waals surface area contributed by atoms with Gasteiger partial charge >= 0.3 is 5.97 Å². The topological polar surface area (TPSA) is 46.6 Å². The molecule has 1 aliphatic rings. The van der Waals surface area contributed by atoms with E-state index in [0.717, 1.165) is 18.9 Å². The second-order valence-corrected chi connectivity index (χ2v) is 5.18. The summed E-state index contributed by atoms with van der Waals surface area (Å²) in [7, 11) is 3.17. The molecule has 0 N–H and O–H groups in total. The molecule has 1 saturated carbocycles. The number of hydrogen-bond acceptors (Lipinski definition) is 3. The first kappa shape index (κ1) is 15.0. The minimum atomic E-state index is -0.316. The van der Waals surface area contributed by atoms with Gasteiger partial charge in [-0.1, -0.05) is 32.1 Å². The highest BCUT2D eigenvalue weighted by Gasteiger charge is 2.16. The molecule has 104 valence electrons. The molecule has 0 bridgehead atoms. The molecule has 0 aliphatic heterocycles. The van der Waals surface area contributed by atoms with Crippen molar-refractivity contribution in [1.82, 2.24) is 4.90 Å². The van der Waals surface area contributed by atoms with Crippen LogP contribution in [0.25, 0.3) is 0 Å². The maximum Gasteiger partial charge on any atom is 0.306 e. The van der Waals surface area contributed by atoms with Gasteiger partial charge in [-0.2, -0.15) is 0 Å². The second kappa shape index (κ2) is 8.11. The van der Waals surface area contributed by atoms with Gasteiger partial charge in [0, 0.05) is 20.0 Å². The quantitative estimate of drug-likeness (QED) is 0.685. The van der Waals surface area contributed by atoms with Gasteiger partial charge < -0.3 is 9.64 Å². The van der Waals surface area contributed by atoms with Gasteiger partial charge in [0.05, 0.1) is 13.5 Å². The number of methoxy groups -OCH3 is 1. The molecule has 1 rings (SSSR count). The molecule has 0 atom stereocenters. The predicted octanol–water partition coefficient (Wildman–Crippen LogP) is 2.37. The van der Waals surface area contributed by atoms with Crippen molar-refractivity contribution in [3.8, 4) is 0 Å². The van der Waals surface area contributed by atoms with Crippen LogP contribution in [0.1, 0.15) is 51.4 Å². The molecule has 0 aromatic carbocycles. The Morgan fingerprint density at radius 2 is 1.83 bits per heavy atom. The zero-order chi connectivity index (χ0) is 13.4. The van der Waals surface area contributed by atoms with Crippen LogP contribution in [0.15, 0.2) is 0 Å².